The number of aliphatic carboxylic acids is 1. The van der Waals surface area contributed by atoms with Crippen molar-refractivity contribution in [1.82, 2.24) is 4.57 Å². The van der Waals surface area contributed by atoms with Crippen molar-refractivity contribution in [2.24, 2.45) is 0 Å². The minimum Gasteiger partial charge on any atom is -0.548 e. The lowest BCUT2D eigenvalue weighted by molar-refractivity contribution is -0.306. The number of carbonyl (C=O) groups is 1. The van der Waals surface area contributed by atoms with E-state index in [1.807, 2.05) is 31.2 Å². The zero-order valence-electron chi connectivity index (χ0n) is 8.97. The van der Waals surface area contributed by atoms with Gasteiger partial charge in [-0.25, -0.2) is 0 Å². The molecule has 2 rings (SSSR count). The Balaban J connectivity index is 2.42. The lowest BCUT2D eigenvalue weighted by Crippen LogP contribution is -2.27. The lowest BCUT2D eigenvalue weighted by atomic mass is 10.2. The summed E-state index contributed by atoms with van der Waals surface area (Å²) in [6, 6.07) is 7.48. The van der Waals surface area contributed by atoms with Crippen LogP contribution in [-0.2, 0) is 11.3 Å². The first-order chi connectivity index (χ1) is 7.70. The van der Waals surface area contributed by atoms with Crippen LogP contribution < -0.4 is 9.84 Å². The molecule has 0 fully saturated rings. The normalized spacial score (nSPS) is 10.6. The quantitative estimate of drug-likeness (QED) is 0.762. The Kier molecular flexibility index (Phi) is 2.81. The van der Waals surface area contributed by atoms with E-state index in [4.69, 9.17) is 4.74 Å². The van der Waals surface area contributed by atoms with Crippen molar-refractivity contribution in [3.63, 3.8) is 0 Å². The van der Waals surface area contributed by atoms with Gasteiger partial charge in [0.05, 0.1) is 24.6 Å². The predicted molar refractivity (Wildman–Crippen MR) is 58.1 cm³/mol. The standard InChI is InChI=1S/C12H13NO3/c1-2-16-10-4-3-9-5-6-13(8-12(14)15)11(9)7-10/h3-7H,2,8H2,1H3,(H,14,15)/p-1. The van der Waals surface area contributed by atoms with E-state index in [1.165, 1.54) is 0 Å². The van der Waals surface area contributed by atoms with Gasteiger partial charge in [0.1, 0.15) is 5.75 Å². The maximum atomic E-state index is 10.6. The number of rotatable bonds is 4. The SMILES string of the molecule is CCOc1ccc2ccn(CC(=O)[O-])c2c1. The third-order valence-electron chi connectivity index (χ3n) is 2.36. The van der Waals surface area contributed by atoms with E-state index in [9.17, 15) is 9.90 Å². The number of nitrogens with zero attached hydrogens (tertiary/aromatic N) is 1. The number of carbonyl (C=O) groups excluding carboxylic acids is 1. The summed E-state index contributed by atoms with van der Waals surface area (Å²) in [6.07, 6.45) is 1.73. The number of carboxylic acid groups (broad SMARTS) is 1. The summed E-state index contributed by atoms with van der Waals surface area (Å²) in [7, 11) is 0. The van der Waals surface area contributed by atoms with Crippen LogP contribution in [-0.4, -0.2) is 17.1 Å². The third-order valence-corrected chi connectivity index (χ3v) is 2.36. The van der Waals surface area contributed by atoms with Crippen LogP contribution in [0, 0.1) is 0 Å². The van der Waals surface area contributed by atoms with Crippen LogP contribution in [0.4, 0.5) is 0 Å². The molecule has 0 amide bonds. The Morgan fingerprint density at radius 3 is 2.94 bits per heavy atom. The number of fused-ring (bicyclic) bond motifs is 1. The van der Waals surface area contributed by atoms with Crippen molar-refractivity contribution in [3.8, 4) is 5.75 Å². The fourth-order valence-electron chi connectivity index (χ4n) is 1.70. The molecule has 0 bridgehead atoms. The van der Waals surface area contributed by atoms with E-state index in [0.29, 0.717) is 6.61 Å². The molecule has 0 aliphatic heterocycles. The van der Waals surface area contributed by atoms with Crippen molar-refractivity contribution < 1.29 is 14.6 Å². The monoisotopic (exact) mass is 218 g/mol. The molecule has 2 aromatic rings. The van der Waals surface area contributed by atoms with Crippen molar-refractivity contribution in [1.29, 1.82) is 0 Å². The highest BCUT2D eigenvalue weighted by Crippen LogP contribution is 2.21. The molecule has 0 atom stereocenters. The van der Waals surface area contributed by atoms with E-state index in [1.54, 1.807) is 10.8 Å². The van der Waals surface area contributed by atoms with Gasteiger partial charge in [0, 0.05) is 12.3 Å². The highest BCUT2D eigenvalue weighted by molar-refractivity contribution is 5.82. The fourth-order valence-corrected chi connectivity index (χ4v) is 1.70. The number of hydrogen-bond donors (Lipinski definition) is 0. The van der Waals surface area contributed by atoms with Gasteiger partial charge in [-0.2, -0.15) is 0 Å². The molecule has 0 saturated carbocycles. The van der Waals surface area contributed by atoms with Gasteiger partial charge in [-0.3, -0.25) is 0 Å². The molecule has 1 aromatic carbocycles. The zero-order valence-corrected chi connectivity index (χ0v) is 8.97. The van der Waals surface area contributed by atoms with Gasteiger partial charge in [-0.1, -0.05) is 0 Å². The first-order valence-corrected chi connectivity index (χ1v) is 5.12. The highest BCUT2D eigenvalue weighted by Gasteiger charge is 2.02. The fraction of sp³-hybridized carbons (Fsp3) is 0.250. The molecule has 1 aromatic heterocycles. The smallest absolute Gasteiger partial charge is 0.121 e. The maximum Gasteiger partial charge on any atom is 0.121 e. The van der Waals surface area contributed by atoms with Gasteiger partial charge in [0.2, 0.25) is 0 Å². The van der Waals surface area contributed by atoms with Crippen molar-refractivity contribution >= 4 is 16.9 Å². The van der Waals surface area contributed by atoms with E-state index >= 15 is 0 Å². The van der Waals surface area contributed by atoms with Crippen molar-refractivity contribution in [2.75, 3.05) is 6.61 Å². The van der Waals surface area contributed by atoms with Gasteiger partial charge < -0.3 is 19.2 Å². The Morgan fingerprint density at radius 2 is 2.25 bits per heavy atom. The summed E-state index contributed by atoms with van der Waals surface area (Å²) < 4.78 is 7.00. The van der Waals surface area contributed by atoms with Crippen molar-refractivity contribution in [2.45, 2.75) is 13.5 Å². The average Bonchev–Trinajstić information content (AvgIpc) is 2.61. The molecular formula is C12H12NO3-. The number of benzene rings is 1. The Morgan fingerprint density at radius 1 is 1.44 bits per heavy atom. The summed E-state index contributed by atoms with van der Waals surface area (Å²) >= 11 is 0. The number of hydrogen-bond acceptors (Lipinski definition) is 3. The molecule has 84 valence electrons. The maximum absolute atomic E-state index is 10.6. The molecule has 1 heterocycles. The minimum atomic E-state index is -1.10. The number of carboxylic acids is 1. The van der Waals surface area contributed by atoms with Gasteiger partial charge in [-0.05, 0) is 30.5 Å². The van der Waals surface area contributed by atoms with E-state index < -0.39 is 5.97 Å². The molecule has 4 heteroatoms. The van der Waals surface area contributed by atoms with Crippen LogP contribution in [0.3, 0.4) is 0 Å². The zero-order chi connectivity index (χ0) is 11.5. The van der Waals surface area contributed by atoms with E-state index in [2.05, 4.69) is 0 Å². The Hall–Kier alpha value is -1.97. The Labute approximate surface area is 93.1 Å². The van der Waals surface area contributed by atoms with Crippen molar-refractivity contribution in [3.05, 3.63) is 30.5 Å². The molecule has 0 saturated heterocycles. The van der Waals surface area contributed by atoms with E-state index in [-0.39, 0.29) is 6.54 Å². The summed E-state index contributed by atoms with van der Waals surface area (Å²) in [5.74, 6) is -0.354. The van der Waals surface area contributed by atoms with Crippen LogP contribution >= 0.6 is 0 Å². The minimum absolute atomic E-state index is 0.140. The largest absolute Gasteiger partial charge is 0.548 e. The van der Waals surface area contributed by atoms with E-state index in [0.717, 1.165) is 16.7 Å². The van der Waals surface area contributed by atoms with Crippen LogP contribution in [0.5, 0.6) is 5.75 Å². The Bertz CT molecular complexity index is 516. The predicted octanol–water partition coefficient (Wildman–Crippen LogP) is 0.790. The molecule has 0 N–H and O–H groups in total. The second-order valence-corrected chi connectivity index (χ2v) is 3.47. The van der Waals surface area contributed by atoms with Crippen LogP contribution in [0.1, 0.15) is 6.92 Å². The molecule has 0 aliphatic rings. The van der Waals surface area contributed by atoms with Gasteiger partial charge in [0.15, 0.2) is 0 Å². The molecule has 0 unspecified atom stereocenters. The van der Waals surface area contributed by atoms with Crippen LogP contribution in [0.2, 0.25) is 0 Å². The van der Waals surface area contributed by atoms with Gasteiger partial charge in [0.25, 0.3) is 0 Å². The third kappa shape index (κ3) is 2.00. The van der Waals surface area contributed by atoms with Gasteiger partial charge >= 0.3 is 0 Å². The average molecular weight is 218 g/mol. The first kappa shape index (κ1) is 10.5. The molecule has 0 spiro atoms. The highest BCUT2D eigenvalue weighted by atomic mass is 16.5. The summed E-state index contributed by atoms with van der Waals surface area (Å²) in [4.78, 5) is 10.6. The first-order valence-electron chi connectivity index (χ1n) is 5.12. The van der Waals surface area contributed by atoms with Crippen LogP contribution in [0.15, 0.2) is 30.5 Å². The second kappa shape index (κ2) is 4.26. The summed E-state index contributed by atoms with van der Waals surface area (Å²) in [6.45, 7) is 2.36. The lowest BCUT2D eigenvalue weighted by Gasteiger charge is -2.07. The van der Waals surface area contributed by atoms with Crippen LogP contribution in [0.25, 0.3) is 10.9 Å². The molecule has 0 radical (unpaired) electrons. The molecule has 0 aliphatic carbocycles. The summed E-state index contributed by atoms with van der Waals surface area (Å²) in [5.41, 5.74) is 0.843. The number of aromatic nitrogens is 1. The molecular weight excluding hydrogens is 206 g/mol. The molecule has 16 heavy (non-hydrogen) atoms. The molecule has 4 nitrogen and oxygen atoms in total. The second-order valence-electron chi connectivity index (χ2n) is 3.47. The van der Waals surface area contributed by atoms with Gasteiger partial charge in [-0.15, -0.1) is 0 Å². The number of ether oxygens (including phenoxy) is 1. The summed E-state index contributed by atoms with van der Waals surface area (Å²) in [5, 5.41) is 11.5. The topological polar surface area (TPSA) is 54.3 Å².